The Morgan fingerprint density at radius 1 is 0.875 bits per heavy atom. The van der Waals surface area contributed by atoms with Crippen molar-refractivity contribution in [2.75, 3.05) is 0 Å². The molecular weight excluding hydrogens is 206 g/mol. The lowest BCUT2D eigenvalue weighted by Gasteiger charge is -2.22. The molecule has 6 nitrogen and oxygen atoms in total. The Bertz CT molecular complexity index is 504. The van der Waals surface area contributed by atoms with Crippen LogP contribution < -0.4 is 0 Å². The first-order chi connectivity index (χ1) is 7.47. The van der Waals surface area contributed by atoms with E-state index in [9.17, 15) is 0 Å². The van der Waals surface area contributed by atoms with Gasteiger partial charge in [-0.15, -0.1) is 0 Å². The third-order valence-corrected chi connectivity index (χ3v) is 2.63. The highest BCUT2D eigenvalue weighted by atomic mass is 16.5. The molecule has 1 aliphatic rings. The number of hydrogen-bond acceptors (Lipinski definition) is 6. The molecule has 0 spiro atoms. The Morgan fingerprint density at radius 3 is 1.62 bits per heavy atom. The maximum atomic E-state index is 9.00. The van der Waals surface area contributed by atoms with E-state index >= 15 is 0 Å². The smallest absolute Gasteiger partial charge is 0.262 e. The molecule has 16 heavy (non-hydrogen) atoms. The summed E-state index contributed by atoms with van der Waals surface area (Å²) in [4.78, 5) is 0. The molecule has 1 aliphatic heterocycles. The number of ether oxygens (including phenoxy) is 1. The fourth-order valence-electron chi connectivity index (χ4n) is 1.62. The van der Waals surface area contributed by atoms with E-state index in [0.717, 1.165) is 0 Å². The second kappa shape index (κ2) is 3.22. The zero-order valence-electron chi connectivity index (χ0n) is 8.35. The highest BCUT2D eigenvalue weighted by Gasteiger charge is 2.66. The van der Waals surface area contributed by atoms with Crippen molar-refractivity contribution in [1.82, 2.24) is 0 Å². The van der Waals surface area contributed by atoms with Gasteiger partial charge >= 0.3 is 0 Å². The molecule has 0 amide bonds. The maximum Gasteiger partial charge on any atom is 0.262 e. The van der Waals surface area contributed by atoms with Crippen LogP contribution in [0.1, 0.15) is 13.3 Å². The minimum atomic E-state index is -2.08. The lowest BCUT2D eigenvalue weighted by Crippen LogP contribution is -2.40. The molecular formula is C10H5N5O. The molecule has 76 valence electrons. The van der Waals surface area contributed by atoms with Gasteiger partial charge in [0.15, 0.2) is 0 Å². The lowest BCUT2D eigenvalue weighted by molar-refractivity contribution is 0.00268. The van der Waals surface area contributed by atoms with E-state index in [4.69, 9.17) is 31.0 Å². The molecule has 0 aromatic rings. The molecule has 0 bridgehead atoms. The molecule has 1 unspecified atom stereocenters. The van der Waals surface area contributed by atoms with Crippen molar-refractivity contribution < 1.29 is 4.74 Å². The number of rotatable bonds is 0. The highest BCUT2D eigenvalue weighted by Crippen LogP contribution is 2.50. The van der Waals surface area contributed by atoms with Gasteiger partial charge in [0.2, 0.25) is 5.60 Å². The minimum absolute atomic E-state index is 0.287. The third kappa shape index (κ3) is 1.11. The van der Waals surface area contributed by atoms with Crippen LogP contribution >= 0.6 is 0 Å². The van der Waals surface area contributed by atoms with Crippen LogP contribution in [-0.4, -0.2) is 11.2 Å². The minimum Gasteiger partial charge on any atom is -0.311 e. The molecule has 0 N–H and O–H groups in total. The topological polar surface area (TPSA) is 128 Å². The van der Waals surface area contributed by atoms with Gasteiger partial charge in [-0.1, -0.05) is 0 Å². The van der Waals surface area contributed by atoms with Crippen LogP contribution in [0.4, 0.5) is 0 Å². The Morgan fingerprint density at radius 2 is 1.38 bits per heavy atom. The fraction of sp³-hybridized carbons (Fsp3) is 0.500. The third-order valence-electron chi connectivity index (χ3n) is 2.63. The van der Waals surface area contributed by atoms with E-state index in [2.05, 4.69) is 0 Å². The van der Waals surface area contributed by atoms with E-state index in [1.807, 2.05) is 0 Å². The SMILES string of the molecule is CC1(C#N)CC(C#N)(C#N)OC1(C#N)C#N. The largest absolute Gasteiger partial charge is 0.311 e. The zero-order chi connectivity index (χ0) is 12.4. The molecule has 0 aliphatic carbocycles. The number of nitrogens with zero attached hydrogens (tertiary/aromatic N) is 5. The van der Waals surface area contributed by atoms with Gasteiger partial charge in [0.05, 0.1) is 6.07 Å². The molecule has 1 fully saturated rings. The average molecular weight is 211 g/mol. The summed E-state index contributed by atoms with van der Waals surface area (Å²) in [5, 5.41) is 44.6. The Balaban J connectivity index is 3.45. The predicted molar refractivity (Wildman–Crippen MR) is 47.3 cm³/mol. The van der Waals surface area contributed by atoms with Crippen molar-refractivity contribution in [3.05, 3.63) is 0 Å². The lowest BCUT2D eigenvalue weighted by atomic mass is 9.73. The summed E-state index contributed by atoms with van der Waals surface area (Å²) in [6, 6.07) is 8.16. The summed E-state index contributed by atoms with van der Waals surface area (Å²) in [6.45, 7) is 1.33. The van der Waals surface area contributed by atoms with E-state index < -0.39 is 16.6 Å². The van der Waals surface area contributed by atoms with E-state index in [-0.39, 0.29) is 6.42 Å². The van der Waals surface area contributed by atoms with Crippen molar-refractivity contribution in [3.63, 3.8) is 0 Å². The monoisotopic (exact) mass is 211 g/mol. The van der Waals surface area contributed by atoms with E-state index in [0.29, 0.717) is 0 Å². The molecule has 1 saturated heterocycles. The normalized spacial score (nSPS) is 28.8. The van der Waals surface area contributed by atoms with Crippen molar-refractivity contribution in [3.8, 4) is 30.3 Å². The first-order valence-corrected chi connectivity index (χ1v) is 4.23. The van der Waals surface area contributed by atoms with Gasteiger partial charge in [0.1, 0.15) is 29.7 Å². The quantitative estimate of drug-likeness (QED) is 0.573. The van der Waals surface area contributed by atoms with Gasteiger partial charge < -0.3 is 4.74 Å². The van der Waals surface area contributed by atoms with Crippen molar-refractivity contribution in [2.45, 2.75) is 24.5 Å². The van der Waals surface area contributed by atoms with Gasteiger partial charge in [-0.3, -0.25) is 0 Å². The van der Waals surface area contributed by atoms with Crippen molar-refractivity contribution in [2.24, 2.45) is 5.41 Å². The molecule has 0 radical (unpaired) electrons. The maximum absolute atomic E-state index is 9.00. The molecule has 1 heterocycles. The second-order valence-electron chi connectivity index (χ2n) is 3.68. The zero-order valence-corrected chi connectivity index (χ0v) is 8.35. The van der Waals surface area contributed by atoms with Crippen molar-refractivity contribution in [1.29, 1.82) is 26.3 Å². The van der Waals surface area contributed by atoms with Crippen LogP contribution in [0, 0.1) is 62.1 Å². The van der Waals surface area contributed by atoms with Crippen LogP contribution in [0.25, 0.3) is 0 Å². The summed E-state index contributed by atoms with van der Waals surface area (Å²) >= 11 is 0. The van der Waals surface area contributed by atoms with Gasteiger partial charge in [0, 0.05) is 6.42 Å². The summed E-state index contributed by atoms with van der Waals surface area (Å²) in [5.74, 6) is 0. The van der Waals surface area contributed by atoms with Crippen LogP contribution in [0.2, 0.25) is 0 Å². The van der Waals surface area contributed by atoms with E-state index in [1.165, 1.54) is 6.92 Å². The molecule has 1 rings (SSSR count). The van der Waals surface area contributed by atoms with Gasteiger partial charge in [-0.25, -0.2) is 0 Å². The summed E-state index contributed by atoms with van der Waals surface area (Å²) in [6.07, 6.45) is -0.287. The Labute approximate surface area is 92.1 Å². The molecule has 0 aromatic heterocycles. The van der Waals surface area contributed by atoms with E-state index in [1.54, 1.807) is 30.3 Å². The first-order valence-electron chi connectivity index (χ1n) is 4.23. The van der Waals surface area contributed by atoms with Crippen LogP contribution in [-0.2, 0) is 4.74 Å². The van der Waals surface area contributed by atoms with Gasteiger partial charge in [-0.05, 0) is 6.92 Å². The van der Waals surface area contributed by atoms with Gasteiger partial charge in [0.25, 0.3) is 5.60 Å². The Hall–Kier alpha value is -2.59. The molecule has 0 saturated carbocycles. The summed E-state index contributed by atoms with van der Waals surface area (Å²) < 4.78 is 4.97. The van der Waals surface area contributed by atoms with Gasteiger partial charge in [-0.2, -0.15) is 26.3 Å². The summed E-state index contributed by atoms with van der Waals surface area (Å²) in [7, 11) is 0. The summed E-state index contributed by atoms with van der Waals surface area (Å²) in [5.41, 5.74) is -5.48. The number of nitriles is 5. The Kier molecular flexibility index (Phi) is 2.31. The highest BCUT2D eigenvalue weighted by molar-refractivity contribution is 5.40. The standard InChI is InChI=1S/C10H5N5O/c1-8(3-11)2-9(4-12,5-13)16-10(8,6-14)7-15/h2H2,1H3. The number of hydrogen-bond donors (Lipinski definition) is 0. The van der Waals surface area contributed by atoms with Crippen LogP contribution in [0.3, 0.4) is 0 Å². The second-order valence-corrected chi connectivity index (χ2v) is 3.68. The molecule has 1 atom stereocenters. The van der Waals surface area contributed by atoms with Crippen molar-refractivity contribution >= 4 is 0 Å². The molecule has 0 aromatic carbocycles. The first kappa shape index (κ1) is 11.5. The predicted octanol–water partition coefficient (Wildman–Crippen LogP) is 0.508. The van der Waals surface area contributed by atoms with Crippen LogP contribution in [0.5, 0.6) is 0 Å². The molecule has 6 heteroatoms. The van der Waals surface area contributed by atoms with Crippen LogP contribution in [0.15, 0.2) is 0 Å². The average Bonchev–Trinajstić information content (AvgIpc) is 2.60. The fourth-order valence-corrected chi connectivity index (χ4v) is 1.62.